The molecule has 1 saturated heterocycles. The van der Waals surface area contributed by atoms with Crippen LogP contribution in [0.4, 0.5) is 11.6 Å². The van der Waals surface area contributed by atoms with Gasteiger partial charge < -0.3 is 19.9 Å². The van der Waals surface area contributed by atoms with Crippen molar-refractivity contribution in [3.8, 4) is 22.8 Å². The number of tetrazole rings is 1. The molecule has 1 aromatic carbocycles. The lowest BCUT2D eigenvalue weighted by atomic mass is 9.90. The number of benzene rings is 1. The van der Waals surface area contributed by atoms with Crippen LogP contribution in [0, 0.1) is 0 Å². The van der Waals surface area contributed by atoms with Gasteiger partial charge >= 0.3 is 0 Å². The summed E-state index contributed by atoms with van der Waals surface area (Å²) >= 11 is 6.39. The zero-order chi connectivity index (χ0) is 28.2. The highest BCUT2D eigenvalue weighted by atomic mass is 35.5. The van der Waals surface area contributed by atoms with E-state index < -0.39 is 0 Å². The van der Waals surface area contributed by atoms with E-state index in [1.165, 1.54) is 6.33 Å². The maximum atomic E-state index is 10.5. The summed E-state index contributed by atoms with van der Waals surface area (Å²) < 4.78 is 15.0. The molecule has 3 aromatic heterocycles. The second kappa shape index (κ2) is 12.4. The first-order valence-corrected chi connectivity index (χ1v) is 14.3. The molecule has 2 fully saturated rings. The fourth-order valence-electron chi connectivity index (χ4n) is 5.50. The normalized spacial score (nSPS) is 20.5. The lowest BCUT2D eigenvalue weighted by Crippen LogP contribution is -2.45. The van der Waals surface area contributed by atoms with Gasteiger partial charge in [-0.25, -0.2) is 14.6 Å². The minimum Gasteiger partial charge on any atom is -0.491 e. The van der Waals surface area contributed by atoms with Gasteiger partial charge in [0.2, 0.25) is 5.95 Å². The number of aromatic hydroxyl groups is 1. The molecular weight excluding hydrogens is 548 g/mol. The van der Waals surface area contributed by atoms with Gasteiger partial charge in [-0.15, -0.1) is 10.2 Å². The molecule has 1 aliphatic carbocycles. The van der Waals surface area contributed by atoms with Crippen molar-refractivity contribution in [1.29, 1.82) is 0 Å². The molecule has 1 saturated carbocycles. The third kappa shape index (κ3) is 6.58. The molecule has 2 N–H and O–H groups in total. The maximum Gasteiger partial charge on any atom is 0.254 e. The van der Waals surface area contributed by atoms with Gasteiger partial charge in [0.1, 0.15) is 23.9 Å². The molecule has 0 amide bonds. The standard InChI is InChI=1S/C27H33ClN10O3/c1-18(15-37-17-31-34-35-37)41-25-12-19(2-7-23(25)28)20-13-29-27(30-14-20)32-24-16-38(33-26(24)39)22-5-3-21(4-6-22)36-8-10-40-11-9-36/h2,7,12-14,16-18,21-22H,3-6,8-11,15H2,1H3,(H,33,39)(H,29,30,32)/t18-,21?,22?/m0/s1. The molecule has 216 valence electrons. The van der Waals surface area contributed by atoms with Crippen LogP contribution in [0.15, 0.2) is 43.1 Å². The number of nitrogens with one attached hydrogen (secondary N) is 1. The second-order valence-corrected chi connectivity index (χ2v) is 10.9. The van der Waals surface area contributed by atoms with Gasteiger partial charge in [-0.05, 0) is 60.7 Å². The Morgan fingerprint density at radius 3 is 2.59 bits per heavy atom. The first kappa shape index (κ1) is 27.4. The second-order valence-electron chi connectivity index (χ2n) is 10.5. The molecule has 6 rings (SSSR count). The highest BCUT2D eigenvalue weighted by Crippen LogP contribution is 2.35. The zero-order valence-corrected chi connectivity index (χ0v) is 23.6. The molecule has 2 aliphatic rings. The van der Waals surface area contributed by atoms with Crippen LogP contribution >= 0.6 is 11.6 Å². The third-order valence-corrected chi connectivity index (χ3v) is 7.95. The number of morpholine rings is 1. The molecule has 4 aromatic rings. The van der Waals surface area contributed by atoms with E-state index in [4.69, 9.17) is 21.1 Å². The predicted octanol–water partition coefficient (Wildman–Crippen LogP) is 3.71. The average molecular weight is 581 g/mol. The van der Waals surface area contributed by atoms with Crippen LogP contribution in [0.25, 0.3) is 11.1 Å². The van der Waals surface area contributed by atoms with Crippen LogP contribution in [-0.4, -0.2) is 88.4 Å². The van der Waals surface area contributed by atoms with E-state index in [0.29, 0.717) is 35.0 Å². The Labute approximate surface area is 242 Å². The van der Waals surface area contributed by atoms with E-state index >= 15 is 0 Å². The first-order valence-electron chi connectivity index (χ1n) is 13.9. The number of halogens is 1. The van der Waals surface area contributed by atoms with Crippen LogP contribution < -0.4 is 10.1 Å². The number of anilines is 2. The van der Waals surface area contributed by atoms with Crippen molar-refractivity contribution in [1.82, 2.24) is 44.9 Å². The van der Waals surface area contributed by atoms with Crippen LogP contribution in [0.1, 0.15) is 38.6 Å². The quantitative estimate of drug-likeness (QED) is 0.299. The van der Waals surface area contributed by atoms with Gasteiger partial charge in [0, 0.05) is 37.1 Å². The van der Waals surface area contributed by atoms with Gasteiger partial charge in [0.15, 0.2) is 0 Å². The number of rotatable bonds is 9. The van der Waals surface area contributed by atoms with E-state index in [1.807, 2.05) is 29.9 Å². The zero-order valence-electron chi connectivity index (χ0n) is 22.8. The maximum absolute atomic E-state index is 10.5. The summed E-state index contributed by atoms with van der Waals surface area (Å²) in [5.74, 6) is 0.839. The minimum absolute atomic E-state index is 0.0664. The SMILES string of the molecule is C[C@@H](Cn1cnnn1)Oc1cc(-c2cnc(Nc3cn(C4CCC(N5CCOCC5)CC4)nc3O)nc2)ccc1Cl. The van der Waals surface area contributed by atoms with Crippen molar-refractivity contribution < 1.29 is 14.6 Å². The molecule has 0 unspecified atom stereocenters. The molecule has 0 spiro atoms. The fraction of sp³-hybridized carbons (Fsp3) is 0.481. The van der Waals surface area contributed by atoms with Crippen molar-refractivity contribution in [2.45, 2.75) is 57.3 Å². The fourth-order valence-corrected chi connectivity index (χ4v) is 5.67. The highest BCUT2D eigenvalue weighted by molar-refractivity contribution is 6.32. The smallest absolute Gasteiger partial charge is 0.254 e. The number of ether oxygens (including phenoxy) is 2. The van der Waals surface area contributed by atoms with Gasteiger partial charge in [-0.3, -0.25) is 9.58 Å². The molecule has 0 bridgehead atoms. The summed E-state index contributed by atoms with van der Waals surface area (Å²) in [4.78, 5) is 11.5. The molecule has 1 atom stereocenters. The number of aromatic nitrogens is 8. The van der Waals surface area contributed by atoms with E-state index in [1.54, 1.807) is 23.1 Å². The largest absolute Gasteiger partial charge is 0.491 e. The molecular formula is C27H33ClN10O3. The summed E-state index contributed by atoms with van der Waals surface area (Å²) in [7, 11) is 0. The van der Waals surface area contributed by atoms with Gasteiger partial charge in [0.05, 0.1) is 37.0 Å². The molecule has 41 heavy (non-hydrogen) atoms. The monoisotopic (exact) mass is 580 g/mol. The van der Waals surface area contributed by atoms with Crippen LogP contribution in [0.3, 0.4) is 0 Å². The van der Waals surface area contributed by atoms with Gasteiger partial charge in [-0.2, -0.15) is 0 Å². The van der Waals surface area contributed by atoms with Crippen LogP contribution in [0.2, 0.25) is 5.02 Å². The average Bonchev–Trinajstić information content (AvgIpc) is 3.64. The lowest BCUT2D eigenvalue weighted by molar-refractivity contribution is 0.00503. The summed E-state index contributed by atoms with van der Waals surface area (Å²) in [6.07, 6.45) is 10.9. The van der Waals surface area contributed by atoms with E-state index in [2.05, 4.69) is 40.8 Å². The Morgan fingerprint density at radius 2 is 1.85 bits per heavy atom. The molecule has 4 heterocycles. The molecule has 0 radical (unpaired) electrons. The van der Waals surface area contributed by atoms with E-state index in [9.17, 15) is 5.11 Å². The van der Waals surface area contributed by atoms with Crippen molar-refractivity contribution in [3.63, 3.8) is 0 Å². The number of nitrogens with zero attached hydrogens (tertiary/aromatic N) is 9. The van der Waals surface area contributed by atoms with Crippen molar-refractivity contribution in [3.05, 3.63) is 48.1 Å². The molecule has 1 aliphatic heterocycles. The van der Waals surface area contributed by atoms with Gasteiger partial charge in [0.25, 0.3) is 5.88 Å². The third-order valence-electron chi connectivity index (χ3n) is 7.64. The summed E-state index contributed by atoms with van der Waals surface area (Å²) in [5.41, 5.74) is 2.13. The Balaban J connectivity index is 1.07. The Bertz CT molecular complexity index is 1420. The highest BCUT2D eigenvalue weighted by Gasteiger charge is 2.28. The Kier molecular flexibility index (Phi) is 8.26. The minimum atomic E-state index is -0.206. The van der Waals surface area contributed by atoms with Crippen LogP contribution in [-0.2, 0) is 11.3 Å². The summed E-state index contributed by atoms with van der Waals surface area (Å²) in [6.45, 7) is 6.07. The van der Waals surface area contributed by atoms with E-state index in [0.717, 1.165) is 63.1 Å². The van der Waals surface area contributed by atoms with Crippen molar-refractivity contribution >= 4 is 23.2 Å². The molecule has 13 nitrogen and oxygen atoms in total. The Hall–Kier alpha value is -3.81. The lowest BCUT2D eigenvalue weighted by Gasteiger charge is -2.38. The number of hydrogen-bond acceptors (Lipinski definition) is 11. The topological polar surface area (TPSA) is 141 Å². The van der Waals surface area contributed by atoms with Gasteiger partial charge in [-0.1, -0.05) is 17.7 Å². The van der Waals surface area contributed by atoms with Crippen molar-refractivity contribution in [2.24, 2.45) is 0 Å². The summed E-state index contributed by atoms with van der Waals surface area (Å²) in [6, 6.07) is 6.38. The van der Waals surface area contributed by atoms with Crippen LogP contribution in [0.5, 0.6) is 11.6 Å². The summed E-state index contributed by atoms with van der Waals surface area (Å²) in [5, 5.41) is 29.6. The molecule has 14 heteroatoms. The van der Waals surface area contributed by atoms with Crippen molar-refractivity contribution in [2.75, 3.05) is 31.6 Å². The number of hydrogen-bond donors (Lipinski definition) is 2. The van der Waals surface area contributed by atoms with E-state index in [-0.39, 0.29) is 18.0 Å². The predicted molar refractivity (Wildman–Crippen MR) is 151 cm³/mol. The first-order chi connectivity index (χ1) is 20.0. The Morgan fingerprint density at radius 1 is 1.10 bits per heavy atom.